The topological polar surface area (TPSA) is 37.8 Å². The Bertz CT molecular complexity index is 228. The zero-order valence-electron chi connectivity index (χ0n) is 8.03. The highest BCUT2D eigenvalue weighted by molar-refractivity contribution is 7.99. The third-order valence-electron chi connectivity index (χ3n) is 1.82. The number of hydrogen-bond donors (Lipinski definition) is 1. The van der Waals surface area contributed by atoms with Gasteiger partial charge in [0.05, 0.1) is 0 Å². The summed E-state index contributed by atoms with van der Waals surface area (Å²) in [6.07, 6.45) is 4.69. The summed E-state index contributed by atoms with van der Waals surface area (Å²) in [5, 5.41) is 4.06. The molecule has 1 aromatic heterocycles. The standard InChI is InChI=1S/C9H15N3S/c1-8(10-2)4-7-13-9-11-5-3-6-12-9/h3,5-6,8,10H,4,7H2,1-2H3. The summed E-state index contributed by atoms with van der Waals surface area (Å²) in [5.41, 5.74) is 0. The van der Waals surface area contributed by atoms with Crippen molar-refractivity contribution in [1.29, 1.82) is 0 Å². The van der Waals surface area contributed by atoms with Crippen LogP contribution >= 0.6 is 11.8 Å². The van der Waals surface area contributed by atoms with Gasteiger partial charge in [0.25, 0.3) is 0 Å². The average Bonchev–Trinajstić information content (AvgIpc) is 2.19. The first-order valence-corrected chi connectivity index (χ1v) is 5.38. The van der Waals surface area contributed by atoms with E-state index in [-0.39, 0.29) is 0 Å². The maximum Gasteiger partial charge on any atom is 0.187 e. The third kappa shape index (κ3) is 4.24. The molecule has 0 fully saturated rings. The summed E-state index contributed by atoms with van der Waals surface area (Å²) in [6, 6.07) is 2.40. The predicted molar refractivity (Wildman–Crippen MR) is 55.9 cm³/mol. The highest BCUT2D eigenvalue weighted by atomic mass is 32.2. The van der Waals surface area contributed by atoms with Crippen molar-refractivity contribution in [2.45, 2.75) is 24.5 Å². The molecular formula is C9H15N3S. The van der Waals surface area contributed by atoms with Gasteiger partial charge in [-0.15, -0.1) is 0 Å². The monoisotopic (exact) mass is 197 g/mol. The molecule has 0 saturated heterocycles. The van der Waals surface area contributed by atoms with Crippen molar-refractivity contribution in [2.75, 3.05) is 12.8 Å². The minimum atomic E-state index is 0.566. The van der Waals surface area contributed by atoms with Crippen LogP contribution in [0.1, 0.15) is 13.3 Å². The fraction of sp³-hybridized carbons (Fsp3) is 0.556. The lowest BCUT2D eigenvalue weighted by Gasteiger charge is -2.07. The van der Waals surface area contributed by atoms with E-state index in [0.717, 1.165) is 17.3 Å². The number of thioether (sulfide) groups is 1. The normalized spacial score (nSPS) is 12.8. The van der Waals surface area contributed by atoms with Crippen LogP contribution in [0.15, 0.2) is 23.6 Å². The van der Waals surface area contributed by atoms with Crippen LogP contribution in [-0.2, 0) is 0 Å². The van der Waals surface area contributed by atoms with E-state index in [4.69, 9.17) is 0 Å². The smallest absolute Gasteiger partial charge is 0.187 e. The Morgan fingerprint density at radius 3 is 2.77 bits per heavy atom. The van der Waals surface area contributed by atoms with Crippen LogP contribution in [0.25, 0.3) is 0 Å². The molecule has 1 N–H and O–H groups in total. The molecule has 4 heteroatoms. The van der Waals surface area contributed by atoms with Gasteiger partial charge in [0.1, 0.15) is 0 Å². The zero-order chi connectivity index (χ0) is 9.52. The van der Waals surface area contributed by atoms with Gasteiger partial charge in [-0.05, 0) is 26.5 Å². The summed E-state index contributed by atoms with van der Waals surface area (Å²) in [6.45, 7) is 2.17. The lowest BCUT2D eigenvalue weighted by Crippen LogP contribution is -2.21. The molecule has 1 rings (SSSR count). The number of hydrogen-bond acceptors (Lipinski definition) is 4. The molecule has 1 aromatic rings. The lowest BCUT2D eigenvalue weighted by atomic mass is 10.3. The third-order valence-corrected chi connectivity index (χ3v) is 2.73. The van der Waals surface area contributed by atoms with Crippen molar-refractivity contribution >= 4 is 11.8 Å². The van der Waals surface area contributed by atoms with Crippen LogP contribution in [0.3, 0.4) is 0 Å². The number of aromatic nitrogens is 2. The molecule has 72 valence electrons. The van der Waals surface area contributed by atoms with E-state index in [1.807, 2.05) is 13.1 Å². The van der Waals surface area contributed by atoms with Gasteiger partial charge < -0.3 is 5.32 Å². The van der Waals surface area contributed by atoms with Crippen molar-refractivity contribution < 1.29 is 0 Å². The Kier molecular flexibility index (Phi) is 4.78. The van der Waals surface area contributed by atoms with E-state index < -0.39 is 0 Å². The molecule has 0 aliphatic heterocycles. The first-order valence-electron chi connectivity index (χ1n) is 4.40. The van der Waals surface area contributed by atoms with Gasteiger partial charge in [0, 0.05) is 24.2 Å². The van der Waals surface area contributed by atoms with E-state index in [9.17, 15) is 0 Å². The maximum absolute atomic E-state index is 4.13. The van der Waals surface area contributed by atoms with Gasteiger partial charge in [-0.25, -0.2) is 9.97 Å². The van der Waals surface area contributed by atoms with E-state index in [2.05, 4.69) is 22.2 Å². The second-order valence-electron chi connectivity index (χ2n) is 2.86. The Balaban J connectivity index is 2.20. The molecule has 13 heavy (non-hydrogen) atoms. The summed E-state index contributed by atoms with van der Waals surface area (Å²) >= 11 is 1.70. The van der Waals surface area contributed by atoms with Crippen molar-refractivity contribution in [3.8, 4) is 0 Å². The molecular weight excluding hydrogens is 182 g/mol. The molecule has 0 saturated carbocycles. The van der Waals surface area contributed by atoms with Crippen LogP contribution < -0.4 is 5.32 Å². The van der Waals surface area contributed by atoms with E-state index in [1.54, 1.807) is 24.2 Å². The largest absolute Gasteiger partial charge is 0.317 e. The first-order chi connectivity index (χ1) is 6.33. The summed E-state index contributed by atoms with van der Waals surface area (Å²) < 4.78 is 0. The molecule has 0 aliphatic rings. The van der Waals surface area contributed by atoms with Crippen LogP contribution in [0, 0.1) is 0 Å². The Morgan fingerprint density at radius 2 is 2.15 bits per heavy atom. The van der Waals surface area contributed by atoms with Gasteiger partial charge in [-0.1, -0.05) is 11.8 Å². The van der Waals surface area contributed by atoms with E-state index in [0.29, 0.717) is 6.04 Å². The molecule has 1 heterocycles. The molecule has 3 nitrogen and oxygen atoms in total. The highest BCUT2D eigenvalue weighted by Crippen LogP contribution is 2.12. The van der Waals surface area contributed by atoms with Gasteiger partial charge in [-0.2, -0.15) is 0 Å². The van der Waals surface area contributed by atoms with Crippen LogP contribution in [0.4, 0.5) is 0 Å². The predicted octanol–water partition coefficient (Wildman–Crippen LogP) is 1.57. The van der Waals surface area contributed by atoms with Crippen molar-refractivity contribution in [3.63, 3.8) is 0 Å². The van der Waals surface area contributed by atoms with Crippen molar-refractivity contribution in [1.82, 2.24) is 15.3 Å². The Morgan fingerprint density at radius 1 is 1.46 bits per heavy atom. The van der Waals surface area contributed by atoms with Gasteiger partial charge in [0.15, 0.2) is 5.16 Å². The second-order valence-corrected chi connectivity index (χ2v) is 3.92. The number of nitrogens with one attached hydrogen (secondary N) is 1. The number of rotatable bonds is 5. The second kappa shape index (κ2) is 5.94. The SMILES string of the molecule is CNC(C)CCSc1ncccn1. The molecule has 0 bridgehead atoms. The first kappa shape index (κ1) is 10.5. The Labute approximate surface area is 83.4 Å². The molecule has 0 aromatic carbocycles. The van der Waals surface area contributed by atoms with Crippen LogP contribution in [0.2, 0.25) is 0 Å². The molecule has 1 atom stereocenters. The summed E-state index contributed by atoms with van der Waals surface area (Å²) in [5.74, 6) is 1.06. The lowest BCUT2D eigenvalue weighted by molar-refractivity contribution is 0.597. The summed E-state index contributed by atoms with van der Waals surface area (Å²) in [7, 11) is 1.98. The van der Waals surface area contributed by atoms with Crippen molar-refractivity contribution in [2.24, 2.45) is 0 Å². The zero-order valence-corrected chi connectivity index (χ0v) is 8.84. The van der Waals surface area contributed by atoms with Crippen molar-refractivity contribution in [3.05, 3.63) is 18.5 Å². The quantitative estimate of drug-likeness (QED) is 0.574. The van der Waals surface area contributed by atoms with Crippen LogP contribution in [-0.4, -0.2) is 28.8 Å². The van der Waals surface area contributed by atoms with Crippen LogP contribution in [0.5, 0.6) is 0 Å². The molecule has 1 unspecified atom stereocenters. The Hall–Kier alpha value is -0.610. The molecule has 0 spiro atoms. The molecule has 0 aliphatic carbocycles. The minimum absolute atomic E-state index is 0.566. The fourth-order valence-electron chi connectivity index (χ4n) is 0.831. The molecule has 0 radical (unpaired) electrons. The van der Waals surface area contributed by atoms with Gasteiger partial charge in [0.2, 0.25) is 0 Å². The summed E-state index contributed by atoms with van der Waals surface area (Å²) in [4.78, 5) is 8.27. The van der Waals surface area contributed by atoms with E-state index in [1.165, 1.54) is 0 Å². The average molecular weight is 197 g/mol. The van der Waals surface area contributed by atoms with E-state index >= 15 is 0 Å². The molecule has 0 amide bonds. The van der Waals surface area contributed by atoms with Gasteiger partial charge in [-0.3, -0.25) is 0 Å². The minimum Gasteiger partial charge on any atom is -0.317 e. The highest BCUT2D eigenvalue weighted by Gasteiger charge is 1.99. The number of nitrogens with zero attached hydrogens (tertiary/aromatic N) is 2. The fourth-order valence-corrected chi connectivity index (χ4v) is 1.76. The maximum atomic E-state index is 4.13. The van der Waals surface area contributed by atoms with Gasteiger partial charge >= 0.3 is 0 Å².